The van der Waals surface area contributed by atoms with Crippen molar-refractivity contribution >= 4 is 12.6 Å². The van der Waals surface area contributed by atoms with Gasteiger partial charge in [-0.2, -0.15) is 17.9 Å². The molecule has 1 rings (SSSR count). The first-order valence-corrected chi connectivity index (χ1v) is 5.07. The van der Waals surface area contributed by atoms with Crippen molar-refractivity contribution in [3.05, 3.63) is 35.4 Å². The van der Waals surface area contributed by atoms with Gasteiger partial charge in [0.15, 0.2) is 6.10 Å². The van der Waals surface area contributed by atoms with Crippen LogP contribution in [-0.2, 0) is 0 Å². The topological polar surface area (TPSA) is 44.0 Å². The van der Waals surface area contributed by atoms with Gasteiger partial charge in [0.25, 0.3) is 0 Å². The van der Waals surface area contributed by atoms with Gasteiger partial charge in [-0.25, -0.2) is 0 Å². The van der Waals surface area contributed by atoms with E-state index < -0.39 is 6.10 Å². The zero-order valence-corrected chi connectivity index (χ0v) is 8.91. The van der Waals surface area contributed by atoms with Gasteiger partial charge >= 0.3 is 0 Å². The number of rotatable bonds is 3. The zero-order valence-electron chi connectivity index (χ0n) is 8.01. The molecule has 0 radical (unpaired) electrons. The Morgan fingerprint density at radius 1 is 1.43 bits per heavy atom. The minimum atomic E-state index is -1.05. The third kappa shape index (κ3) is 2.28. The first kappa shape index (κ1) is 11.1. The van der Waals surface area contributed by atoms with E-state index in [1.165, 1.54) is 0 Å². The molecule has 1 aromatic carbocycles. The van der Waals surface area contributed by atoms with E-state index in [9.17, 15) is 5.11 Å². The number of benzene rings is 1. The molecule has 0 heterocycles. The van der Waals surface area contributed by atoms with E-state index in [2.05, 4.69) is 12.6 Å². The summed E-state index contributed by atoms with van der Waals surface area (Å²) < 4.78 is 0. The highest BCUT2D eigenvalue weighted by molar-refractivity contribution is 7.80. The van der Waals surface area contributed by atoms with E-state index in [1.54, 1.807) is 6.07 Å². The van der Waals surface area contributed by atoms with Gasteiger partial charge < -0.3 is 5.11 Å². The Labute approximate surface area is 89.6 Å². The lowest BCUT2D eigenvalue weighted by atomic mass is 9.99. The molecular weight excluding hydrogens is 194 g/mol. The van der Waals surface area contributed by atoms with E-state index in [0.717, 1.165) is 12.0 Å². The molecule has 0 saturated heterocycles. The molecule has 0 aliphatic carbocycles. The van der Waals surface area contributed by atoms with Gasteiger partial charge in [0.05, 0.1) is 6.07 Å². The van der Waals surface area contributed by atoms with Gasteiger partial charge in [-0.3, -0.25) is 0 Å². The molecule has 2 nitrogen and oxygen atoms in total. The third-order valence-electron chi connectivity index (χ3n) is 2.16. The smallest absolute Gasteiger partial charge is 0.166 e. The van der Waals surface area contributed by atoms with Crippen LogP contribution in [0, 0.1) is 11.3 Å². The van der Waals surface area contributed by atoms with Gasteiger partial charge in [-0.05, 0) is 17.5 Å². The number of nitrogens with zero attached hydrogens (tertiary/aromatic N) is 1. The van der Waals surface area contributed by atoms with Crippen LogP contribution in [0.3, 0.4) is 0 Å². The molecule has 2 atom stereocenters. The van der Waals surface area contributed by atoms with Gasteiger partial charge in [-0.15, -0.1) is 0 Å². The summed E-state index contributed by atoms with van der Waals surface area (Å²) in [6, 6.07) is 9.19. The average molecular weight is 207 g/mol. The van der Waals surface area contributed by atoms with Crippen LogP contribution < -0.4 is 0 Å². The maximum atomic E-state index is 9.46. The summed E-state index contributed by atoms with van der Waals surface area (Å²) in [4.78, 5) is 0. The molecule has 0 saturated carbocycles. The molecule has 0 fully saturated rings. The Balaban J connectivity index is 3.10. The highest BCUT2D eigenvalue weighted by atomic mass is 32.1. The summed E-state index contributed by atoms with van der Waals surface area (Å²) >= 11 is 4.40. The lowest BCUT2D eigenvalue weighted by Gasteiger charge is -2.14. The Bertz CT molecular complexity index is 345. The Kier molecular flexibility index (Phi) is 3.99. The van der Waals surface area contributed by atoms with Crippen molar-refractivity contribution in [1.29, 1.82) is 5.26 Å². The van der Waals surface area contributed by atoms with E-state index in [-0.39, 0.29) is 5.25 Å². The standard InChI is InChI=1S/C11H13NOS/c1-2-11(14)9-6-4-3-5-8(9)10(13)7-12/h3-6,10-11,13-14H,2H2,1H3. The van der Waals surface area contributed by atoms with Crippen LogP contribution in [0.1, 0.15) is 35.8 Å². The van der Waals surface area contributed by atoms with Crippen LogP contribution in [0.4, 0.5) is 0 Å². The minimum Gasteiger partial charge on any atom is -0.374 e. The maximum absolute atomic E-state index is 9.46. The fraction of sp³-hybridized carbons (Fsp3) is 0.364. The van der Waals surface area contributed by atoms with Gasteiger partial charge in [0, 0.05) is 5.25 Å². The number of hydrogen-bond donors (Lipinski definition) is 2. The SMILES string of the molecule is CCC(S)c1ccccc1C(O)C#N. The largest absolute Gasteiger partial charge is 0.374 e. The number of aliphatic hydroxyl groups excluding tert-OH is 1. The number of hydrogen-bond acceptors (Lipinski definition) is 3. The summed E-state index contributed by atoms with van der Waals surface area (Å²) in [5.74, 6) is 0. The summed E-state index contributed by atoms with van der Waals surface area (Å²) in [5.41, 5.74) is 1.60. The molecular formula is C11H13NOS. The Morgan fingerprint density at radius 2 is 2.00 bits per heavy atom. The second-order valence-corrected chi connectivity index (χ2v) is 3.71. The van der Waals surface area contributed by atoms with Crippen molar-refractivity contribution in [3.63, 3.8) is 0 Å². The highest BCUT2D eigenvalue weighted by Crippen LogP contribution is 2.29. The fourth-order valence-electron chi connectivity index (χ4n) is 1.35. The minimum absolute atomic E-state index is 0.0780. The highest BCUT2D eigenvalue weighted by Gasteiger charge is 2.14. The number of thiol groups is 1. The molecule has 1 N–H and O–H groups in total. The molecule has 0 amide bonds. The van der Waals surface area contributed by atoms with Crippen LogP contribution in [0.5, 0.6) is 0 Å². The Hall–Kier alpha value is -0.980. The van der Waals surface area contributed by atoms with Crippen LogP contribution in [0.25, 0.3) is 0 Å². The predicted molar refractivity (Wildman–Crippen MR) is 59.0 cm³/mol. The first-order valence-electron chi connectivity index (χ1n) is 4.55. The lowest BCUT2D eigenvalue weighted by molar-refractivity contribution is 0.234. The van der Waals surface area contributed by atoms with E-state index in [0.29, 0.717) is 5.56 Å². The Morgan fingerprint density at radius 3 is 2.50 bits per heavy atom. The summed E-state index contributed by atoms with van der Waals surface area (Å²) in [6.07, 6.45) is -0.175. The van der Waals surface area contributed by atoms with Crippen molar-refractivity contribution in [2.75, 3.05) is 0 Å². The fourth-order valence-corrected chi connectivity index (χ4v) is 1.59. The summed E-state index contributed by atoms with van der Waals surface area (Å²) in [6.45, 7) is 2.02. The summed E-state index contributed by atoms with van der Waals surface area (Å²) in [7, 11) is 0. The monoisotopic (exact) mass is 207 g/mol. The van der Waals surface area contributed by atoms with Crippen LogP contribution in [0.15, 0.2) is 24.3 Å². The van der Waals surface area contributed by atoms with Crippen LogP contribution in [0.2, 0.25) is 0 Å². The average Bonchev–Trinajstić information content (AvgIpc) is 2.27. The summed E-state index contributed by atoms with van der Waals surface area (Å²) in [5, 5.41) is 18.2. The van der Waals surface area contributed by atoms with Gasteiger partial charge in [0.1, 0.15) is 0 Å². The van der Waals surface area contributed by atoms with Crippen molar-refractivity contribution in [2.45, 2.75) is 24.7 Å². The second kappa shape index (κ2) is 5.04. The van der Waals surface area contributed by atoms with Gasteiger partial charge in [-0.1, -0.05) is 31.2 Å². The molecule has 2 unspecified atom stereocenters. The van der Waals surface area contributed by atoms with E-state index >= 15 is 0 Å². The van der Waals surface area contributed by atoms with Gasteiger partial charge in [0.2, 0.25) is 0 Å². The molecule has 0 aromatic heterocycles. The molecule has 0 aliphatic heterocycles. The molecule has 0 aliphatic rings. The van der Waals surface area contributed by atoms with Crippen molar-refractivity contribution in [3.8, 4) is 6.07 Å². The lowest BCUT2D eigenvalue weighted by Crippen LogP contribution is -2.01. The second-order valence-electron chi connectivity index (χ2n) is 3.08. The molecule has 0 bridgehead atoms. The number of aliphatic hydroxyl groups is 1. The van der Waals surface area contributed by atoms with Crippen molar-refractivity contribution in [2.24, 2.45) is 0 Å². The normalized spacial score (nSPS) is 14.4. The van der Waals surface area contributed by atoms with Crippen LogP contribution in [-0.4, -0.2) is 5.11 Å². The molecule has 0 spiro atoms. The first-order chi connectivity index (χ1) is 6.70. The molecule has 14 heavy (non-hydrogen) atoms. The quantitative estimate of drug-likeness (QED) is 0.591. The zero-order chi connectivity index (χ0) is 10.6. The van der Waals surface area contributed by atoms with E-state index in [4.69, 9.17) is 5.26 Å². The van der Waals surface area contributed by atoms with Crippen molar-refractivity contribution in [1.82, 2.24) is 0 Å². The maximum Gasteiger partial charge on any atom is 0.166 e. The van der Waals surface area contributed by atoms with Crippen LogP contribution >= 0.6 is 12.6 Å². The molecule has 3 heteroatoms. The van der Waals surface area contributed by atoms with E-state index in [1.807, 2.05) is 31.2 Å². The predicted octanol–water partition coefficient (Wildman–Crippen LogP) is 2.62. The number of nitriles is 1. The third-order valence-corrected chi connectivity index (χ3v) is 2.80. The molecule has 1 aromatic rings. The van der Waals surface area contributed by atoms with Crippen molar-refractivity contribution < 1.29 is 5.11 Å². The molecule has 74 valence electrons.